The highest BCUT2D eigenvalue weighted by Crippen LogP contribution is 2.49. The summed E-state index contributed by atoms with van der Waals surface area (Å²) < 4.78 is 17.5. The quantitative estimate of drug-likeness (QED) is 0.413. The van der Waals surface area contributed by atoms with Crippen LogP contribution in [0.2, 0.25) is 0 Å². The molecule has 0 amide bonds. The van der Waals surface area contributed by atoms with E-state index in [-0.39, 0.29) is 5.82 Å². The maximum atomic E-state index is 12.5. The van der Waals surface area contributed by atoms with E-state index in [9.17, 15) is 14.5 Å². The van der Waals surface area contributed by atoms with Crippen LogP contribution in [0.3, 0.4) is 0 Å². The van der Waals surface area contributed by atoms with Crippen LogP contribution in [0.1, 0.15) is 18.6 Å². The lowest BCUT2D eigenvalue weighted by atomic mass is 10.1. The normalized spacial score (nSPS) is 30.0. The molecule has 14 heavy (non-hydrogen) atoms. The van der Waals surface area contributed by atoms with Crippen LogP contribution >= 0.6 is 0 Å². The number of epoxide rings is 1. The van der Waals surface area contributed by atoms with Gasteiger partial charge in [-0.25, -0.2) is 4.39 Å². The molecule has 1 aromatic rings. The van der Waals surface area contributed by atoms with E-state index in [0.29, 0.717) is 5.56 Å². The average molecular weight is 197 g/mol. The third-order valence-electron chi connectivity index (χ3n) is 2.32. The molecular weight excluding hydrogens is 189 g/mol. The Labute approximate surface area is 79.5 Å². The van der Waals surface area contributed by atoms with Crippen molar-refractivity contribution in [1.29, 1.82) is 0 Å². The maximum absolute atomic E-state index is 12.5. The van der Waals surface area contributed by atoms with E-state index in [1.165, 1.54) is 31.2 Å². The molecule has 1 aliphatic rings. The van der Waals surface area contributed by atoms with E-state index in [2.05, 4.69) is 0 Å². The Morgan fingerprint density at radius 3 is 2.50 bits per heavy atom. The van der Waals surface area contributed by atoms with Crippen LogP contribution in [-0.2, 0) is 4.74 Å². The molecule has 1 heterocycles. The number of halogens is 1. The lowest BCUT2D eigenvalue weighted by molar-refractivity contribution is -0.558. The Bertz CT molecular complexity index is 378. The van der Waals surface area contributed by atoms with Crippen molar-refractivity contribution in [3.05, 3.63) is 45.8 Å². The van der Waals surface area contributed by atoms with Gasteiger partial charge >= 0.3 is 5.72 Å². The number of ether oxygens (including phenoxy) is 1. The summed E-state index contributed by atoms with van der Waals surface area (Å²) in [5.41, 5.74) is -0.705. The first-order chi connectivity index (χ1) is 6.54. The van der Waals surface area contributed by atoms with Crippen LogP contribution in [0, 0.1) is 15.9 Å². The van der Waals surface area contributed by atoms with Gasteiger partial charge in [0.25, 0.3) is 0 Å². The molecule has 0 saturated carbocycles. The monoisotopic (exact) mass is 197 g/mol. The van der Waals surface area contributed by atoms with Gasteiger partial charge in [0, 0.05) is 6.92 Å². The molecule has 2 atom stereocenters. The van der Waals surface area contributed by atoms with Gasteiger partial charge in [-0.3, -0.25) is 14.9 Å². The minimum Gasteiger partial charge on any atom is -0.294 e. The number of hydrogen-bond donors (Lipinski definition) is 0. The Morgan fingerprint density at radius 1 is 1.50 bits per heavy atom. The zero-order valence-corrected chi connectivity index (χ0v) is 7.44. The van der Waals surface area contributed by atoms with Crippen molar-refractivity contribution in [3.63, 3.8) is 0 Å². The number of nitrogens with zero attached hydrogens (tertiary/aromatic N) is 1. The van der Waals surface area contributed by atoms with Gasteiger partial charge in [0.1, 0.15) is 5.82 Å². The number of rotatable bonds is 2. The molecule has 0 aromatic heterocycles. The zero-order valence-electron chi connectivity index (χ0n) is 7.44. The first-order valence-corrected chi connectivity index (χ1v) is 4.12. The lowest BCUT2D eigenvalue weighted by Gasteiger charge is -1.96. The molecule has 0 spiro atoms. The summed E-state index contributed by atoms with van der Waals surface area (Å²) in [5.74, 6) is -0.364. The standard InChI is InChI=1S/C9H8FNO3/c1-9(11(12)13)8(14-9)6-2-4-7(10)5-3-6/h2-5,8H,1H3. The van der Waals surface area contributed by atoms with Crippen LogP contribution in [0.4, 0.5) is 4.39 Å². The van der Waals surface area contributed by atoms with Gasteiger partial charge in [-0.2, -0.15) is 0 Å². The second kappa shape index (κ2) is 2.75. The second-order valence-electron chi connectivity index (χ2n) is 3.36. The lowest BCUT2D eigenvalue weighted by Crippen LogP contribution is -2.19. The molecule has 0 aliphatic carbocycles. The van der Waals surface area contributed by atoms with E-state index in [4.69, 9.17) is 4.74 Å². The summed E-state index contributed by atoms with van der Waals surface area (Å²) in [5, 5.41) is 10.5. The Balaban J connectivity index is 2.21. The predicted molar refractivity (Wildman–Crippen MR) is 45.6 cm³/mol. The van der Waals surface area contributed by atoms with Gasteiger partial charge in [-0.15, -0.1) is 0 Å². The third-order valence-corrected chi connectivity index (χ3v) is 2.32. The van der Waals surface area contributed by atoms with E-state index in [1.54, 1.807) is 0 Å². The fourth-order valence-corrected chi connectivity index (χ4v) is 1.36. The summed E-state index contributed by atoms with van der Waals surface area (Å²) in [7, 11) is 0. The van der Waals surface area contributed by atoms with Crippen molar-refractivity contribution in [2.45, 2.75) is 18.8 Å². The summed E-state index contributed by atoms with van der Waals surface area (Å²) in [6.45, 7) is 1.40. The molecule has 2 unspecified atom stereocenters. The van der Waals surface area contributed by atoms with Crippen LogP contribution < -0.4 is 0 Å². The van der Waals surface area contributed by atoms with Crippen LogP contribution in [-0.4, -0.2) is 10.6 Å². The third kappa shape index (κ3) is 1.26. The van der Waals surface area contributed by atoms with Crippen LogP contribution in [0.15, 0.2) is 24.3 Å². The molecule has 74 valence electrons. The Morgan fingerprint density at radius 2 is 2.07 bits per heavy atom. The molecule has 0 radical (unpaired) electrons. The molecule has 1 aromatic carbocycles. The summed E-state index contributed by atoms with van der Waals surface area (Å²) >= 11 is 0. The van der Waals surface area contributed by atoms with Crippen molar-refractivity contribution < 1.29 is 14.1 Å². The van der Waals surface area contributed by atoms with Gasteiger partial charge < -0.3 is 0 Å². The first-order valence-electron chi connectivity index (χ1n) is 4.12. The van der Waals surface area contributed by atoms with Gasteiger partial charge in [-0.05, 0) is 17.7 Å². The largest absolute Gasteiger partial charge is 0.353 e. The molecule has 4 nitrogen and oxygen atoms in total. The molecule has 1 aliphatic heterocycles. The average Bonchev–Trinajstić information content (AvgIpc) is 2.81. The Kier molecular flexibility index (Phi) is 1.78. The van der Waals surface area contributed by atoms with Crippen molar-refractivity contribution >= 4 is 0 Å². The molecule has 1 fully saturated rings. The van der Waals surface area contributed by atoms with Crippen molar-refractivity contribution in [3.8, 4) is 0 Å². The van der Waals surface area contributed by atoms with E-state index in [1.807, 2.05) is 0 Å². The molecule has 0 bridgehead atoms. The maximum Gasteiger partial charge on any atom is 0.353 e. The molecule has 0 N–H and O–H groups in total. The highest BCUT2D eigenvalue weighted by atomic mass is 19.1. The second-order valence-corrected chi connectivity index (χ2v) is 3.36. The van der Waals surface area contributed by atoms with Gasteiger partial charge in [0.15, 0.2) is 6.10 Å². The SMILES string of the molecule is CC1([N+](=O)[O-])OC1c1ccc(F)cc1. The van der Waals surface area contributed by atoms with Crippen molar-refractivity contribution in [2.24, 2.45) is 0 Å². The Hall–Kier alpha value is -1.49. The zero-order chi connectivity index (χ0) is 10.3. The molecule has 2 rings (SSSR count). The smallest absolute Gasteiger partial charge is 0.294 e. The van der Waals surface area contributed by atoms with Crippen LogP contribution in [0.5, 0.6) is 0 Å². The topological polar surface area (TPSA) is 55.7 Å². The van der Waals surface area contributed by atoms with E-state index in [0.717, 1.165) is 0 Å². The van der Waals surface area contributed by atoms with E-state index < -0.39 is 16.8 Å². The number of benzene rings is 1. The van der Waals surface area contributed by atoms with Crippen molar-refractivity contribution in [1.82, 2.24) is 0 Å². The fraction of sp³-hybridized carbons (Fsp3) is 0.333. The summed E-state index contributed by atoms with van der Waals surface area (Å²) in [6, 6.07) is 5.51. The van der Waals surface area contributed by atoms with Gasteiger partial charge in [0.2, 0.25) is 0 Å². The van der Waals surface area contributed by atoms with Crippen molar-refractivity contribution in [2.75, 3.05) is 0 Å². The predicted octanol–water partition coefficient (Wildman–Crippen LogP) is 1.89. The van der Waals surface area contributed by atoms with Gasteiger partial charge in [0.05, 0.1) is 4.92 Å². The van der Waals surface area contributed by atoms with Gasteiger partial charge in [-0.1, -0.05) is 12.1 Å². The summed E-state index contributed by atoms with van der Waals surface area (Å²) in [6.07, 6.45) is -0.557. The van der Waals surface area contributed by atoms with Crippen LogP contribution in [0.25, 0.3) is 0 Å². The molecule has 5 heteroatoms. The molecule has 1 saturated heterocycles. The number of nitro groups is 1. The highest BCUT2D eigenvalue weighted by molar-refractivity contribution is 5.24. The fourth-order valence-electron chi connectivity index (χ4n) is 1.36. The highest BCUT2D eigenvalue weighted by Gasteiger charge is 2.65. The summed E-state index contributed by atoms with van der Waals surface area (Å²) in [4.78, 5) is 10.1. The number of hydrogen-bond acceptors (Lipinski definition) is 3. The molecular formula is C9H8FNO3. The van der Waals surface area contributed by atoms with E-state index >= 15 is 0 Å². The minimum absolute atomic E-state index is 0.364. The minimum atomic E-state index is -1.34. The first kappa shape index (κ1) is 9.08.